The first-order chi connectivity index (χ1) is 18.1. The molecule has 1 saturated heterocycles. The third-order valence-electron chi connectivity index (χ3n) is 10.6. The van der Waals surface area contributed by atoms with Crippen LogP contribution in [0.1, 0.15) is 83.6 Å². The highest BCUT2D eigenvalue weighted by molar-refractivity contribution is 7.13. The van der Waals surface area contributed by atoms with Crippen molar-refractivity contribution in [1.82, 2.24) is 4.98 Å². The van der Waals surface area contributed by atoms with Gasteiger partial charge in [-0.05, 0) is 55.1 Å². The highest BCUT2D eigenvalue weighted by atomic mass is 32.1. The molecule has 2 heterocycles. The van der Waals surface area contributed by atoms with Crippen LogP contribution in [0.3, 0.4) is 0 Å². The minimum Gasteiger partial charge on any atom is -0.385 e. The fourth-order valence-electron chi connectivity index (χ4n) is 8.55. The Morgan fingerprint density at radius 2 is 1.79 bits per heavy atom. The van der Waals surface area contributed by atoms with Crippen LogP contribution in [0.5, 0.6) is 0 Å². The molecule has 1 N–H and O–H groups in total. The Bertz CT molecular complexity index is 1270. The molecule has 1 aromatic heterocycles. The average molecular weight is 534 g/mol. The van der Waals surface area contributed by atoms with Crippen molar-refractivity contribution in [2.24, 2.45) is 22.7 Å². The molecular formula is C32H39NO4S. The highest BCUT2D eigenvalue weighted by Crippen LogP contribution is 2.64. The SMILES string of the molecule is CC1(C)COC2(CCC3=C4[C@@H](CC[C@@]3(O)C2)[C@H]2CCC(=O)[C@@]2(C)C[C@@H]4c2ccc(-c3nccs3)cc2)OC1. The first kappa shape index (κ1) is 25.1. The van der Waals surface area contributed by atoms with E-state index < -0.39 is 11.4 Å². The molecule has 1 aliphatic heterocycles. The van der Waals surface area contributed by atoms with Crippen LogP contribution < -0.4 is 0 Å². The number of fused-ring (bicyclic) bond motifs is 4. The van der Waals surface area contributed by atoms with Crippen LogP contribution in [0.25, 0.3) is 10.6 Å². The van der Waals surface area contributed by atoms with Crippen LogP contribution in [0.4, 0.5) is 0 Å². The third kappa shape index (κ3) is 3.81. The maximum absolute atomic E-state index is 13.3. The van der Waals surface area contributed by atoms with E-state index in [0.717, 1.165) is 49.1 Å². The number of Topliss-reactive ketones (excluding diaryl/α,β-unsaturated/α-hetero) is 1. The molecule has 2 aromatic rings. The first-order valence-electron chi connectivity index (χ1n) is 14.4. The maximum atomic E-state index is 13.3. The van der Waals surface area contributed by atoms with Crippen LogP contribution in [0, 0.1) is 22.7 Å². The Labute approximate surface area is 229 Å². The second-order valence-corrected chi connectivity index (χ2v) is 14.5. The Hall–Kier alpha value is -1.86. The number of aliphatic hydroxyl groups is 1. The number of benzene rings is 1. The fraction of sp³-hybridized carbons (Fsp3) is 0.625. The molecule has 0 amide bonds. The van der Waals surface area contributed by atoms with Gasteiger partial charge in [-0.3, -0.25) is 4.79 Å². The van der Waals surface area contributed by atoms with Gasteiger partial charge in [0, 0.05) is 53.2 Å². The fourth-order valence-corrected chi connectivity index (χ4v) is 9.19. The van der Waals surface area contributed by atoms with Crippen molar-refractivity contribution in [3.63, 3.8) is 0 Å². The topological polar surface area (TPSA) is 68.7 Å². The van der Waals surface area contributed by atoms with Crippen molar-refractivity contribution < 1.29 is 19.4 Å². The van der Waals surface area contributed by atoms with E-state index >= 15 is 0 Å². The summed E-state index contributed by atoms with van der Waals surface area (Å²) >= 11 is 1.65. The summed E-state index contributed by atoms with van der Waals surface area (Å²) in [6, 6.07) is 8.83. The number of carbonyl (C=O) groups is 1. The Morgan fingerprint density at radius 1 is 1.03 bits per heavy atom. The first-order valence-corrected chi connectivity index (χ1v) is 15.3. The summed E-state index contributed by atoms with van der Waals surface area (Å²) < 4.78 is 12.8. The minimum absolute atomic E-state index is 0.00297. The molecule has 5 atom stereocenters. The van der Waals surface area contributed by atoms with Gasteiger partial charge in [-0.25, -0.2) is 4.98 Å². The van der Waals surface area contributed by atoms with E-state index in [1.165, 1.54) is 16.7 Å². The normalized spacial score (nSPS) is 37.6. The van der Waals surface area contributed by atoms with Gasteiger partial charge in [0.15, 0.2) is 5.79 Å². The number of ketones is 1. The molecular weight excluding hydrogens is 494 g/mol. The van der Waals surface area contributed by atoms with Gasteiger partial charge < -0.3 is 14.6 Å². The summed E-state index contributed by atoms with van der Waals surface area (Å²) in [4.78, 5) is 17.8. The van der Waals surface area contributed by atoms with E-state index in [9.17, 15) is 9.90 Å². The molecule has 202 valence electrons. The largest absolute Gasteiger partial charge is 0.385 e. The average Bonchev–Trinajstić information content (AvgIpc) is 3.54. The quantitative estimate of drug-likeness (QED) is 0.437. The van der Waals surface area contributed by atoms with E-state index in [4.69, 9.17) is 9.47 Å². The Balaban J connectivity index is 1.29. The molecule has 0 radical (unpaired) electrons. The van der Waals surface area contributed by atoms with Gasteiger partial charge in [-0.15, -0.1) is 11.3 Å². The van der Waals surface area contributed by atoms with Gasteiger partial charge in [0.25, 0.3) is 0 Å². The van der Waals surface area contributed by atoms with E-state index in [0.29, 0.717) is 43.7 Å². The number of aromatic nitrogens is 1. The van der Waals surface area contributed by atoms with Gasteiger partial charge >= 0.3 is 0 Å². The van der Waals surface area contributed by atoms with Crippen molar-refractivity contribution in [2.45, 2.75) is 89.4 Å². The smallest absolute Gasteiger partial charge is 0.171 e. The number of ether oxygens (including phenoxy) is 2. The zero-order valence-corrected chi connectivity index (χ0v) is 23.6. The van der Waals surface area contributed by atoms with Crippen LogP contribution in [-0.4, -0.2) is 40.5 Å². The van der Waals surface area contributed by atoms with Gasteiger partial charge in [-0.2, -0.15) is 0 Å². The highest BCUT2D eigenvalue weighted by Gasteiger charge is 2.60. The number of thiazole rings is 1. The monoisotopic (exact) mass is 533 g/mol. The zero-order valence-electron chi connectivity index (χ0n) is 22.8. The number of carbonyl (C=O) groups excluding carboxylic acids is 1. The van der Waals surface area contributed by atoms with E-state index in [1.807, 2.05) is 11.6 Å². The summed E-state index contributed by atoms with van der Waals surface area (Å²) in [5.74, 6) is 0.646. The minimum atomic E-state index is -0.902. The van der Waals surface area contributed by atoms with Crippen LogP contribution >= 0.6 is 11.3 Å². The lowest BCUT2D eigenvalue weighted by molar-refractivity contribution is -0.322. The number of hydrogen-bond donors (Lipinski definition) is 1. The number of nitrogens with zero attached hydrogens (tertiary/aromatic N) is 1. The molecule has 38 heavy (non-hydrogen) atoms. The lowest BCUT2D eigenvalue weighted by Gasteiger charge is -2.56. The number of hydrogen-bond acceptors (Lipinski definition) is 6. The summed E-state index contributed by atoms with van der Waals surface area (Å²) in [5.41, 5.74) is 3.87. The van der Waals surface area contributed by atoms with Crippen molar-refractivity contribution in [3.8, 4) is 10.6 Å². The predicted octanol–water partition coefficient (Wildman–Crippen LogP) is 6.67. The molecule has 1 spiro atoms. The predicted molar refractivity (Wildman–Crippen MR) is 148 cm³/mol. The van der Waals surface area contributed by atoms with Crippen LogP contribution in [0.2, 0.25) is 0 Å². The molecule has 0 unspecified atom stereocenters. The molecule has 1 aromatic carbocycles. The lowest BCUT2D eigenvalue weighted by atomic mass is 9.51. The van der Waals surface area contributed by atoms with E-state index in [-0.39, 0.29) is 16.7 Å². The molecule has 3 saturated carbocycles. The molecule has 4 fully saturated rings. The molecule has 4 aliphatic carbocycles. The standard InChI is InChI=1S/C32H39NO4S/c1-29(2)18-36-32(37-19-29)13-11-25-27-22(10-12-31(25,35)17-32)24-8-9-26(34)30(24,3)16-23(27)20-4-6-21(7-5-20)28-33-14-15-38-28/h4-7,14-15,22-24,35H,8-13,16-19H2,1-3H3/t22-,23+,24+,30-,31+/m0/s1. The van der Waals surface area contributed by atoms with Crippen molar-refractivity contribution in [2.75, 3.05) is 13.2 Å². The van der Waals surface area contributed by atoms with E-state index in [1.54, 1.807) is 11.3 Å². The molecule has 5 aliphatic rings. The third-order valence-corrected chi connectivity index (χ3v) is 11.4. The van der Waals surface area contributed by atoms with Gasteiger partial charge in [0.1, 0.15) is 10.8 Å². The summed E-state index contributed by atoms with van der Waals surface area (Å²) in [6.07, 6.45) is 8.11. The molecule has 5 nitrogen and oxygen atoms in total. The number of allylic oxidation sites excluding steroid dienone is 1. The summed E-state index contributed by atoms with van der Waals surface area (Å²) in [5, 5.41) is 15.3. The Kier molecular flexibility index (Phi) is 5.67. The zero-order chi connectivity index (χ0) is 26.3. The van der Waals surface area contributed by atoms with Crippen LogP contribution in [0.15, 0.2) is 47.0 Å². The van der Waals surface area contributed by atoms with Gasteiger partial charge in [0.2, 0.25) is 0 Å². The second kappa shape index (κ2) is 8.57. The lowest BCUT2D eigenvalue weighted by Crippen LogP contribution is -2.57. The van der Waals surface area contributed by atoms with E-state index in [2.05, 4.69) is 50.0 Å². The maximum Gasteiger partial charge on any atom is 0.171 e. The number of rotatable bonds is 2. The van der Waals surface area contributed by atoms with Gasteiger partial charge in [0.05, 0.1) is 18.8 Å². The van der Waals surface area contributed by atoms with Crippen molar-refractivity contribution in [3.05, 3.63) is 52.6 Å². The summed E-state index contributed by atoms with van der Waals surface area (Å²) in [6.45, 7) is 7.89. The van der Waals surface area contributed by atoms with Crippen molar-refractivity contribution >= 4 is 17.1 Å². The Morgan fingerprint density at radius 3 is 2.50 bits per heavy atom. The molecule has 0 bridgehead atoms. The summed E-state index contributed by atoms with van der Waals surface area (Å²) in [7, 11) is 0. The molecule has 7 rings (SSSR count). The van der Waals surface area contributed by atoms with Crippen molar-refractivity contribution in [1.29, 1.82) is 0 Å². The van der Waals surface area contributed by atoms with Gasteiger partial charge in [-0.1, -0.05) is 50.6 Å². The van der Waals surface area contributed by atoms with Crippen LogP contribution in [-0.2, 0) is 14.3 Å². The second-order valence-electron chi connectivity index (χ2n) is 13.6. The molecule has 6 heteroatoms.